The second kappa shape index (κ2) is 9.02. The summed E-state index contributed by atoms with van der Waals surface area (Å²) in [7, 11) is 1.41. The Labute approximate surface area is 144 Å². The minimum atomic E-state index is -0.627. The van der Waals surface area contributed by atoms with Crippen LogP contribution in [0.15, 0.2) is 18.2 Å². The summed E-state index contributed by atoms with van der Waals surface area (Å²) in [6.45, 7) is 1.37. The van der Waals surface area contributed by atoms with E-state index in [2.05, 4.69) is 14.8 Å². The van der Waals surface area contributed by atoms with E-state index in [9.17, 15) is 24.4 Å². The lowest BCUT2D eigenvalue weighted by molar-refractivity contribution is -0.145. The minimum absolute atomic E-state index is 0.0392. The lowest BCUT2D eigenvalue weighted by atomic mass is 10.1. The van der Waals surface area contributed by atoms with Crippen LogP contribution in [0, 0.1) is 11.3 Å². The summed E-state index contributed by atoms with van der Waals surface area (Å²) in [5.41, 5.74) is 0.423. The molecular formula is C16H17N3O6. The molecule has 9 heteroatoms. The molecule has 1 aromatic rings. The molecule has 0 bridgehead atoms. The Morgan fingerprint density at radius 3 is 2.28 bits per heavy atom. The number of rotatable bonds is 6. The molecule has 0 spiro atoms. The van der Waals surface area contributed by atoms with Crippen LogP contribution in [0.1, 0.15) is 19.4 Å². The zero-order valence-corrected chi connectivity index (χ0v) is 14.0. The average Bonchev–Trinajstić information content (AvgIpc) is 2.56. The van der Waals surface area contributed by atoms with E-state index >= 15 is 0 Å². The van der Waals surface area contributed by atoms with Gasteiger partial charge in [-0.3, -0.25) is 19.2 Å². The van der Waals surface area contributed by atoms with E-state index < -0.39 is 37.0 Å². The summed E-state index contributed by atoms with van der Waals surface area (Å²) in [6, 6.07) is 6.42. The number of esters is 2. The van der Waals surface area contributed by atoms with Gasteiger partial charge in [-0.2, -0.15) is 5.26 Å². The third-order valence-electron chi connectivity index (χ3n) is 2.97. The third kappa shape index (κ3) is 5.95. The molecule has 0 aliphatic carbocycles. The van der Waals surface area contributed by atoms with Gasteiger partial charge >= 0.3 is 11.9 Å². The van der Waals surface area contributed by atoms with E-state index in [-0.39, 0.29) is 16.9 Å². The summed E-state index contributed by atoms with van der Waals surface area (Å²) in [5.74, 6) is -2.39. The molecule has 1 N–H and O–H groups in total. The Kier molecular flexibility index (Phi) is 7.09. The van der Waals surface area contributed by atoms with Crippen molar-refractivity contribution >= 4 is 35.1 Å². The van der Waals surface area contributed by atoms with Crippen LogP contribution < -0.4 is 10.2 Å². The highest BCUT2D eigenvalue weighted by Crippen LogP contribution is 2.26. The van der Waals surface area contributed by atoms with Crippen LogP contribution in [0.2, 0.25) is 0 Å². The van der Waals surface area contributed by atoms with Crippen molar-refractivity contribution in [1.82, 2.24) is 0 Å². The first-order valence-electron chi connectivity index (χ1n) is 7.12. The number of amides is 2. The number of anilines is 2. The summed E-state index contributed by atoms with van der Waals surface area (Å²) < 4.78 is 9.21. The van der Waals surface area contributed by atoms with Gasteiger partial charge in [0.1, 0.15) is 6.07 Å². The number of ether oxygens (including phenoxy) is 2. The van der Waals surface area contributed by atoms with Crippen LogP contribution >= 0.6 is 0 Å². The zero-order valence-electron chi connectivity index (χ0n) is 14.0. The van der Waals surface area contributed by atoms with Crippen molar-refractivity contribution < 1.29 is 28.7 Å². The van der Waals surface area contributed by atoms with Crippen molar-refractivity contribution in [2.45, 2.75) is 13.8 Å². The highest BCUT2D eigenvalue weighted by atomic mass is 16.5. The maximum atomic E-state index is 12.0. The van der Waals surface area contributed by atoms with Gasteiger partial charge in [0.25, 0.3) is 11.8 Å². The molecule has 0 saturated carbocycles. The van der Waals surface area contributed by atoms with Gasteiger partial charge in [-0.15, -0.1) is 0 Å². The second-order valence-corrected chi connectivity index (χ2v) is 4.87. The van der Waals surface area contributed by atoms with Crippen LogP contribution in [0.4, 0.5) is 11.4 Å². The number of hydrogen-bond donors (Lipinski definition) is 1. The summed E-state index contributed by atoms with van der Waals surface area (Å²) >= 11 is 0. The number of hydrogen-bond acceptors (Lipinski definition) is 7. The van der Waals surface area contributed by atoms with E-state index in [1.807, 2.05) is 6.07 Å². The highest BCUT2D eigenvalue weighted by Gasteiger charge is 2.19. The molecule has 2 amide bonds. The highest BCUT2D eigenvalue weighted by molar-refractivity contribution is 5.99. The van der Waals surface area contributed by atoms with Crippen molar-refractivity contribution in [3.05, 3.63) is 23.8 Å². The third-order valence-corrected chi connectivity index (χ3v) is 2.97. The molecule has 0 aromatic heterocycles. The number of carbonyl (C=O) groups excluding carboxylic acids is 4. The average molecular weight is 347 g/mol. The van der Waals surface area contributed by atoms with Crippen LogP contribution in [-0.2, 0) is 28.7 Å². The molecule has 0 atom stereocenters. The predicted molar refractivity (Wildman–Crippen MR) is 86.5 cm³/mol. The molecule has 0 aliphatic heterocycles. The van der Waals surface area contributed by atoms with E-state index in [0.717, 1.165) is 11.8 Å². The minimum Gasteiger partial charge on any atom is -0.456 e. The lowest BCUT2D eigenvalue weighted by Crippen LogP contribution is -2.31. The van der Waals surface area contributed by atoms with E-state index in [1.165, 1.54) is 32.2 Å². The summed E-state index contributed by atoms with van der Waals surface area (Å²) in [4.78, 5) is 46.4. The van der Waals surface area contributed by atoms with Crippen LogP contribution in [0.25, 0.3) is 0 Å². The molecular weight excluding hydrogens is 330 g/mol. The topological polar surface area (TPSA) is 126 Å². The van der Waals surface area contributed by atoms with Gasteiger partial charge in [-0.05, 0) is 12.1 Å². The Balaban J connectivity index is 2.97. The summed E-state index contributed by atoms with van der Waals surface area (Å²) in [6.07, 6.45) is 0. The Morgan fingerprint density at radius 1 is 1.12 bits per heavy atom. The number of nitriles is 1. The van der Waals surface area contributed by atoms with Gasteiger partial charge in [-0.1, -0.05) is 6.07 Å². The quantitative estimate of drug-likeness (QED) is 0.746. The number of carbonyl (C=O) groups is 4. The molecule has 0 heterocycles. The van der Waals surface area contributed by atoms with Gasteiger partial charge in [0.15, 0.2) is 13.2 Å². The first-order chi connectivity index (χ1) is 11.8. The van der Waals surface area contributed by atoms with Crippen molar-refractivity contribution in [1.29, 1.82) is 5.26 Å². The zero-order chi connectivity index (χ0) is 19.0. The van der Waals surface area contributed by atoms with E-state index in [4.69, 9.17) is 0 Å². The van der Waals surface area contributed by atoms with Gasteiger partial charge in [0, 0.05) is 20.9 Å². The number of nitrogens with one attached hydrogen (secondary N) is 1. The van der Waals surface area contributed by atoms with Crippen LogP contribution in [-0.4, -0.2) is 44.0 Å². The van der Waals surface area contributed by atoms with Crippen molar-refractivity contribution in [2.24, 2.45) is 0 Å². The number of benzene rings is 1. The lowest BCUT2D eigenvalue weighted by Gasteiger charge is -2.20. The molecule has 25 heavy (non-hydrogen) atoms. The Hall–Kier alpha value is -3.41. The molecule has 132 valence electrons. The molecule has 0 saturated heterocycles. The van der Waals surface area contributed by atoms with E-state index in [1.54, 1.807) is 0 Å². The fourth-order valence-electron chi connectivity index (χ4n) is 1.79. The summed E-state index contributed by atoms with van der Waals surface area (Å²) in [5, 5.41) is 11.8. The van der Waals surface area contributed by atoms with Crippen molar-refractivity contribution in [3.8, 4) is 6.07 Å². The monoisotopic (exact) mass is 347 g/mol. The number of likely N-dealkylation sites (N-methyl/N-ethyl adjacent to an activating group) is 1. The van der Waals surface area contributed by atoms with E-state index in [0.29, 0.717) is 0 Å². The number of nitrogens with zero attached hydrogens (tertiary/aromatic N) is 2. The van der Waals surface area contributed by atoms with Crippen molar-refractivity contribution in [3.63, 3.8) is 0 Å². The van der Waals surface area contributed by atoms with Crippen LogP contribution in [0.5, 0.6) is 0 Å². The predicted octanol–water partition coefficient (Wildman–Crippen LogP) is 0.586. The second-order valence-electron chi connectivity index (χ2n) is 4.87. The first kappa shape index (κ1) is 19.6. The normalized spacial score (nSPS) is 9.52. The van der Waals surface area contributed by atoms with Gasteiger partial charge in [0.05, 0.1) is 16.9 Å². The molecule has 0 radical (unpaired) electrons. The largest absolute Gasteiger partial charge is 0.456 e. The van der Waals surface area contributed by atoms with Gasteiger partial charge in [0.2, 0.25) is 0 Å². The Morgan fingerprint density at radius 2 is 1.72 bits per heavy atom. The fourth-order valence-corrected chi connectivity index (χ4v) is 1.79. The first-order valence-corrected chi connectivity index (χ1v) is 7.12. The SMILES string of the molecule is CC(=O)OCC(=O)Nc1cccc(N(C)C(=O)COC(C)=O)c1C#N. The standard InChI is InChI=1S/C16H17N3O6/c1-10(20)24-8-15(22)18-13-5-4-6-14(12(13)7-17)19(3)16(23)9-25-11(2)21/h4-6H,8-9H2,1-3H3,(H,18,22). The Bertz CT molecular complexity index is 738. The van der Waals surface area contributed by atoms with Crippen LogP contribution in [0.3, 0.4) is 0 Å². The molecule has 0 aliphatic rings. The molecule has 0 fully saturated rings. The van der Waals surface area contributed by atoms with Gasteiger partial charge < -0.3 is 19.7 Å². The molecule has 1 aromatic carbocycles. The molecule has 9 nitrogen and oxygen atoms in total. The maximum absolute atomic E-state index is 12.0. The smallest absolute Gasteiger partial charge is 0.303 e. The van der Waals surface area contributed by atoms with Crippen molar-refractivity contribution in [2.75, 3.05) is 30.5 Å². The fraction of sp³-hybridized carbons (Fsp3) is 0.312. The molecule has 0 unspecified atom stereocenters. The molecule has 1 rings (SSSR count). The van der Waals surface area contributed by atoms with Gasteiger partial charge in [-0.25, -0.2) is 0 Å². The maximum Gasteiger partial charge on any atom is 0.303 e.